The van der Waals surface area contributed by atoms with E-state index in [9.17, 15) is 0 Å². The van der Waals surface area contributed by atoms with E-state index < -0.39 is 0 Å². The van der Waals surface area contributed by atoms with Crippen LogP contribution in [0.4, 0.5) is 0 Å². The van der Waals surface area contributed by atoms with Gasteiger partial charge in [-0.25, -0.2) is 0 Å². The van der Waals surface area contributed by atoms with Crippen LogP contribution in [0.1, 0.15) is 38.6 Å². The van der Waals surface area contributed by atoms with Gasteiger partial charge in [0.25, 0.3) is 0 Å². The molecule has 0 saturated carbocycles. The molecule has 1 aromatic rings. The number of amidine groups is 1. The number of rotatable bonds is 7. The second-order valence-corrected chi connectivity index (χ2v) is 5.38. The Morgan fingerprint density at radius 1 is 1.53 bits per heavy atom. The first kappa shape index (κ1) is 16.0. The first-order valence-electron chi connectivity index (χ1n) is 6.65. The van der Waals surface area contributed by atoms with Gasteiger partial charge >= 0.3 is 0 Å². The van der Waals surface area contributed by atoms with Crippen molar-refractivity contribution in [3.63, 3.8) is 0 Å². The highest BCUT2D eigenvalue weighted by Gasteiger charge is 2.18. The zero-order chi connectivity index (χ0) is 14.6. The maximum absolute atomic E-state index is 7.34. The summed E-state index contributed by atoms with van der Waals surface area (Å²) in [5.41, 5.74) is 7.35. The Hall–Kier alpha value is -1.07. The molecule has 1 aromatic heterocycles. The zero-order valence-electron chi connectivity index (χ0n) is 12.2. The predicted molar refractivity (Wildman–Crippen MR) is 79.7 cm³/mol. The Morgan fingerprint density at radius 2 is 2.16 bits per heavy atom. The molecular weight excluding hydrogens is 262 g/mol. The van der Waals surface area contributed by atoms with Crippen molar-refractivity contribution in [3.8, 4) is 0 Å². The highest BCUT2D eigenvalue weighted by atomic mass is 35.5. The molecule has 5 nitrogen and oxygen atoms in total. The normalized spacial score (nSPS) is 11.5. The van der Waals surface area contributed by atoms with Crippen LogP contribution >= 0.6 is 11.6 Å². The third-order valence-electron chi connectivity index (χ3n) is 3.20. The van der Waals surface area contributed by atoms with Crippen molar-refractivity contribution in [1.82, 2.24) is 14.7 Å². The minimum absolute atomic E-state index is 0.219. The lowest BCUT2D eigenvalue weighted by Gasteiger charge is -2.26. The van der Waals surface area contributed by atoms with Gasteiger partial charge in [0.15, 0.2) is 0 Å². The van der Waals surface area contributed by atoms with E-state index in [1.807, 2.05) is 11.6 Å². The van der Waals surface area contributed by atoms with Gasteiger partial charge in [0.05, 0.1) is 22.2 Å². The van der Waals surface area contributed by atoms with Crippen molar-refractivity contribution in [2.75, 3.05) is 6.54 Å². The SMILES string of the molecule is CCn1nc(C)c(Cl)c1CN(CCC(=N)N)C(C)C. The predicted octanol–water partition coefficient (Wildman–Crippen LogP) is 2.40. The number of aryl methyl sites for hydroxylation is 2. The topological polar surface area (TPSA) is 70.9 Å². The number of aromatic nitrogens is 2. The molecule has 6 heteroatoms. The lowest BCUT2D eigenvalue weighted by Crippen LogP contribution is -2.34. The summed E-state index contributed by atoms with van der Waals surface area (Å²) in [4.78, 5) is 2.26. The molecule has 0 fully saturated rings. The van der Waals surface area contributed by atoms with Crippen molar-refractivity contribution < 1.29 is 0 Å². The van der Waals surface area contributed by atoms with Crippen LogP contribution in [0.2, 0.25) is 5.02 Å². The van der Waals surface area contributed by atoms with Crippen LogP contribution in [-0.2, 0) is 13.1 Å². The number of nitrogens with two attached hydrogens (primary N) is 1. The average Bonchev–Trinajstić information content (AvgIpc) is 2.60. The van der Waals surface area contributed by atoms with Gasteiger partial charge in [-0.15, -0.1) is 0 Å². The molecule has 0 bridgehead atoms. The molecule has 0 spiro atoms. The number of nitrogens with zero attached hydrogens (tertiary/aromatic N) is 3. The number of nitrogens with one attached hydrogen (secondary N) is 1. The van der Waals surface area contributed by atoms with Crippen molar-refractivity contribution in [2.45, 2.75) is 53.2 Å². The van der Waals surface area contributed by atoms with Crippen LogP contribution < -0.4 is 5.73 Å². The summed E-state index contributed by atoms with van der Waals surface area (Å²) in [6.07, 6.45) is 0.578. The highest BCUT2D eigenvalue weighted by molar-refractivity contribution is 6.31. The molecule has 0 unspecified atom stereocenters. The standard InChI is InChI=1S/C13H24ClN5/c1-5-19-11(13(14)10(4)17-19)8-18(9(2)3)7-6-12(15)16/h9H,5-8H2,1-4H3,(H3,15,16). The fourth-order valence-electron chi connectivity index (χ4n) is 2.00. The highest BCUT2D eigenvalue weighted by Crippen LogP contribution is 2.22. The molecule has 19 heavy (non-hydrogen) atoms. The number of halogens is 1. The van der Waals surface area contributed by atoms with Gasteiger partial charge in [-0.3, -0.25) is 15.0 Å². The minimum atomic E-state index is 0.219. The van der Waals surface area contributed by atoms with Crippen LogP contribution in [0.15, 0.2) is 0 Å². The summed E-state index contributed by atoms with van der Waals surface area (Å²) in [7, 11) is 0. The van der Waals surface area contributed by atoms with Gasteiger partial charge in [0, 0.05) is 32.1 Å². The molecule has 108 valence electrons. The maximum atomic E-state index is 7.34. The molecule has 0 radical (unpaired) electrons. The molecule has 0 aromatic carbocycles. The molecule has 1 heterocycles. The molecule has 0 aliphatic rings. The van der Waals surface area contributed by atoms with E-state index in [0.29, 0.717) is 12.5 Å². The first-order valence-corrected chi connectivity index (χ1v) is 7.03. The van der Waals surface area contributed by atoms with Crippen molar-refractivity contribution in [1.29, 1.82) is 5.41 Å². The average molecular weight is 286 g/mol. The molecule has 0 saturated heterocycles. The Bertz CT molecular complexity index is 438. The van der Waals surface area contributed by atoms with E-state index in [0.717, 1.165) is 36.0 Å². The van der Waals surface area contributed by atoms with Crippen LogP contribution in [0.5, 0.6) is 0 Å². The van der Waals surface area contributed by atoms with E-state index in [-0.39, 0.29) is 5.84 Å². The Balaban J connectivity index is 2.87. The molecule has 0 amide bonds. The van der Waals surface area contributed by atoms with Gasteiger partial charge in [-0.05, 0) is 27.7 Å². The molecule has 3 N–H and O–H groups in total. The van der Waals surface area contributed by atoms with Crippen LogP contribution in [0, 0.1) is 12.3 Å². The summed E-state index contributed by atoms with van der Waals surface area (Å²) < 4.78 is 1.95. The monoisotopic (exact) mass is 285 g/mol. The fraction of sp³-hybridized carbons (Fsp3) is 0.692. The van der Waals surface area contributed by atoms with E-state index in [1.54, 1.807) is 0 Å². The van der Waals surface area contributed by atoms with Crippen molar-refractivity contribution in [2.24, 2.45) is 5.73 Å². The summed E-state index contributed by atoms with van der Waals surface area (Å²) in [6, 6.07) is 0.371. The summed E-state index contributed by atoms with van der Waals surface area (Å²) in [5, 5.41) is 12.5. The smallest absolute Gasteiger partial charge is 0.0918 e. The van der Waals surface area contributed by atoms with Crippen LogP contribution in [-0.4, -0.2) is 33.1 Å². The quantitative estimate of drug-likeness (QED) is 0.597. The summed E-state index contributed by atoms with van der Waals surface area (Å²) in [6.45, 7) is 10.5. The van der Waals surface area contributed by atoms with E-state index >= 15 is 0 Å². The zero-order valence-corrected chi connectivity index (χ0v) is 13.0. The summed E-state index contributed by atoms with van der Waals surface area (Å²) >= 11 is 6.33. The van der Waals surface area contributed by atoms with Gasteiger partial charge < -0.3 is 5.73 Å². The Labute approximate surface area is 120 Å². The third-order valence-corrected chi connectivity index (χ3v) is 3.70. The molecule has 0 aliphatic heterocycles. The number of hydrogen-bond donors (Lipinski definition) is 2. The lowest BCUT2D eigenvalue weighted by molar-refractivity contribution is 0.212. The maximum Gasteiger partial charge on any atom is 0.0918 e. The van der Waals surface area contributed by atoms with Crippen LogP contribution in [0.25, 0.3) is 0 Å². The number of hydrogen-bond acceptors (Lipinski definition) is 3. The van der Waals surface area contributed by atoms with Crippen LogP contribution in [0.3, 0.4) is 0 Å². The Morgan fingerprint density at radius 3 is 2.63 bits per heavy atom. The molecule has 1 rings (SSSR count). The summed E-state index contributed by atoms with van der Waals surface area (Å²) in [5.74, 6) is 0.219. The van der Waals surface area contributed by atoms with E-state index in [2.05, 4.69) is 30.8 Å². The minimum Gasteiger partial charge on any atom is -0.388 e. The molecular formula is C13H24ClN5. The van der Waals surface area contributed by atoms with Gasteiger partial charge in [-0.1, -0.05) is 11.6 Å². The van der Waals surface area contributed by atoms with Gasteiger partial charge in [0.1, 0.15) is 0 Å². The Kier molecular flexibility index (Phi) is 5.82. The lowest BCUT2D eigenvalue weighted by atomic mass is 10.2. The van der Waals surface area contributed by atoms with Crippen molar-refractivity contribution in [3.05, 3.63) is 16.4 Å². The molecule has 0 atom stereocenters. The third kappa shape index (κ3) is 4.21. The van der Waals surface area contributed by atoms with Gasteiger partial charge in [-0.2, -0.15) is 5.10 Å². The fourth-order valence-corrected chi connectivity index (χ4v) is 2.19. The van der Waals surface area contributed by atoms with Gasteiger partial charge in [0.2, 0.25) is 0 Å². The largest absolute Gasteiger partial charge is 0.388 e. The van der Waals surface area contributed by atoms with E-state index in [1.165, 1.54) is 0 Å². The second-order valence-electron chi connectivity index (χ2n) is 5.00. The van der Waals surface area contributed by atoms with Crippen molar-refractivity contribution >= 4 is 17.4 Å². The second kappa shape index (κ2) is 6.91. The van der Waals surface area contributed by atoms with E-state index in [4.69, 9.17) is 22.7 Å². The first-order chi connectivity index (χ1) is 8.86. The molecule has 0 aliphatic carbocycles.